The van der Waals surface area contributed by atoms with Crippen LogP contribution in [0.1, 0.15) is 84.8 Å². The van der Waals surface area contributed by atoms with Gasteiger partial charge in [-0.3, -0.25) is 33.6 Å². The molecule has 1 fully saturated rings. The lowest BCUT2D eigenvalue weighted by molar-refractivity contribution is -0.136. The first-order chi connectivity index (χ1) is 27.0. The molecule has 2 aromatic carbocycles. The van der Waals surface area contributed by atoms with Crippen LogP contribution in [0.15, 0.2) is 60.8 Å². The Bertz CT molecular complexity index is 1890. The summed E-state index contributed by atoms with van der Waals surface area (Å²) in [5, 5.41) is 20.2. The zero-order chi connectivity index (χ0) is 41.8. The summed E-state index contributed by atoms with van der Waals surface area (Å²) in [6, 6.07) is 10.2. The molecule has 7 atom stereocenters. The van der Waals surface area contributed by atoms with Crippen LogP contribution in [-0.4, -0.2) is 89.1 Å². The third-order valence-corrected chi connectivity index (χ3v) is 10.1. The van der Waals surface area contributed by atoms with Crippen LogP contribution in [0.25, 0.3) is 10.9 Å². The van der Waals surface area contributed by atoms with Gasteiger partial charge in [-0.15, -0.1) is 0 Å². The van der Waals surface area contributed by atoms with E-state index in [-0.39, 0.29) is 38.1 Å². The number of benzene rings is 2. The summed E-state index contributed by atoms with van der Waals surface area (Å²) in [6.07, 6.45) is 2.35. The maximum Gasteiger partial charge on any atom is 0.243 e. The summed E-state index contributed by atoms with van der Waals surface area (Å²) < 4.78 is 0. The number of aromatic nitrogens is 1. The van der Waals surface area contributed by atoms with Gasteiger partial charge in [0, 0.05) is 42.4 Å². The molecule has 0 aliphatic carbocycles. The van der Waals surface area contributed by atoms with Gasteiger partial charge in [0.2, 0.25) is 41.4 Å². The largest absolute Gasteiger partial charge is 0.361 e. The minimum atomic E-state index is -1.18. The highest BCUT2D eigenvalue weighted by Crippen LogP contribution is 2.22. The van der Waals surface area contributed by atoms with E-state index in [4.69, 9.17) is 0 Å². The van der Waals surface area contributed by atoms with Crippen LogP contribution in [0, 0.1) is 11.8 Å². The number of para-hydroxylation sites is 1. The fourth-order valence-electron chi connectivity index (χ4n) is 6.76. The summed E-state index contributed by atoms with van der Waals surface area (Å²) in [5.74, 6) is -5.05. The van der Waals surface area contributed by atoms with Gasteiger partial charge in [-0.25, -0.2) is 0 Å². The first-order valence-electron chi connectivity index (χ1n) is 19.7. The maximum absolute atomic E-state index is 14.2. The highest BCUT2D eigenvalue weighted by atomic mass is 16.2. The molecule has 57 heavy (non-hydrogen) atoms. The number of hydrogen-bond acceptors (Lipinski definition) is 7. The number of aromatic amines is 1. The van der Waals surface area contributed by atoms with Gasteiger partial charge in [0.25, 0.3) is 0 Å². The summed E-state index contributed by atoms with van der Waals surface area (Å²) in [5.41, 5.74) is 2.40. The van der Waals surface area contributed by atoms with E-state index < -0.39 is 89.4 Å². The van der Waals surface area contributed by atoms with Gasteiger partial charge in [-0.2, -0.15) is 0 Å². The first-order valence-corrected chi connectivity index (χ1v) is 19.7. The fourth-order valence-corrected chi connectivity index (χ4v) is 6.76. The van der Waals surface area contributed by atoms with Crippen LogP contribution in [0.4, 0.5) is 0 Å². The molecule has 15 nitrogen and oxygen atoms in total. The monoisotopic (exact) mass is 786 g/mol. The summed E-state index contributed by atoms with van der Waals surface area (Å²) >= 11 is 0. The Kier molecular flexibility index (Phi) is 15.8. The lowest BCUT2D eigenvalue weighted by Crippen LogP contribution is -2.61. The number of fused-ring (bicyclic) bond motifs is 1. The van der Waals surface area contributed by atoms with Crippen LogP contribution in [-0.2, 0) is 40.0 Å². The highest BCUT2D eigenvalue weighted by molar-refractivity contribution is 5.97. The van der Waals surface area contributed by atoms with Crippen LogP contribution < -0.4 is 37.2 Å². The van der Waals surface area contributed by atoms with Crippen molar-refractivity contribution in [3.05, 3.63) is 71.9 Å². The minimum absolute atomic E-state index is 0.0136. The molecule has 1 aromatic heterocycles. The lowest BCUT2D eigenvalue weighted by atomic mass is 9.91. The number of hydrogen-bond donors (Lipinski definition) is 8. The van der Waals surface area contributed by atoms with Crippen LogP contribution in [0.2, 0.25) is 0 Å². The molecule has 0 unspecified atom stereocenters. The molecule has 4 rings (SSSR count). The highest BCUT2D eigenvalue weighted by Gasteiger charge is 2.36. The summed E-state index contributed by atoms with van der Waals surface area (Å²) in [6.45, 7) is 12.1. The average molecular weight is 787 g/mol. The van der Waals surface area contributed by atoms with E-state index in [1.54, 1.807) is 27.0 Å². The van der Waals surface area contributed by atoms with Crippen molar-refractivity contribution in [1.29, 1.82) is 0 Å². The summed E-state index contributed by atoms with van der Waals surface area (Å²) in [7, 11) is 0. The standard InChI is InChI=1S/C42H58N8O7/c1-23(2)20-32-40(55)46-27(7)37(52)47-33(21-29-22-44-31-17-12-11-16-30(29)31)39(54)43-19-13-18-34(51)45-26(6)38(53)49-35(24(3)4)41(56)50-36(42(57)48-32)25(5)28-14-9-8-10-15-28/h8-12,14-17,22-27,32-33,35-36,44H,13,18-21H2,1-7H3,(H,43,54)(H,45,51)(H,46,55)(H,47,52)(H,48,57)(H,49,53)(H,50,56)/t25-,26+,27+,32+,33+,35+,36+/m0/s1. The second-order valence-corrected chi connectivity index (χ2v) is 15.6. The fraction of sp³-hybridized carbons (Fsp3) is 0.500. The van der Waals surface area contributed by atoms with Gasteiger partial charge >= 0.3 is 0 Å². The van der Waals surface area contributed by atoms with Crippen molar-refractivity contribution in [3.63, 3.8) is 0 Å². The smallest absolute Gasteiger partial charge is 0.243 e. The van der Waals surface area contributed by atoms with Gasteiger partial charge in [0.1, 0.15) is 36.3 Å². The van der Waals surface area contributed by atoms with Crippen molar-refractivity contribution < 1.29 is 33.6 Å². The predicted octanol–water partition coefficient (Wildman–Crippen LogP) is 2.07. The zero-order valence-corrected chi connectivity index (χ0v) is 33.9. The van der Waals surface area contributed by atoms with Gasteiger partial charge in [-0.05, 0) is 55.7 Å². The van der Waals surface area contributed by atoms with Crippen LogP contribution in [0.5, 0.6) is 0 Å². The number of amides is 7. The Hall–Kier alpha value is -5.73. The molecule has 1 saturated heterocycles. The van der Waals surface area contributed by atoms with Crippen molar-refractivity contribution >= 4 is 52.3 Å². The Morgan fingerprint density at radius 1 is 0.614 bits per heavy atom. The molecule has 0 radical (unpaired) electrons. The second-order valence-electron chi connectivity index (χ2n) is 15.6. The molecular weight excluding hydrogens is 729 g/mol. The third-order valence-electron chi connectivity index (χ3n) is 10.1. The van der Waals surface area contributed by atoms with Crippen molar-refractivity contribution in [2.24, 2.45) is 11.8 Å². The number of H-pyrrole nitrogens is 1. The van der Waals surface area contributed by atoms with Gasteiger partial charge < -0.3 is 42.2 Å². The van der Waals surface area contributed by atoms with E-state index >= 15 is 0 Å². The molecule has 0 saturated carbocycles. The average Bonchev–Trinajstić information content (AvgIpc) is 3.58. The molecule has 8 N–H and O–H groups in total. The van der Waals surface area contributed by atoms with Crippen LogP contribution in [0.3, 0.4) is 0 Å². The Balaban J connectivity index is 1.66. The molecule has 15 heteroatoms. The van der Waals surface area contributed by atoms with E-state index in [0.29, 0.717) is 0 Å². The quantitative estimate of drug-likeness (QED) is 0.178. The van der Waals surface area contributed by atoms with E-state index in [1.807, 2.05) is 68.4 Å². The zero-order valence-electron chi connectivity index (χ0n) is 33.9. The predicted molar refractivity (Wildman–Crippen MR) is 216 cm³/mol. The molecule has 3 aromatic rings. The number of carbonyl (C=O) groups is 7. The number of nitrogens with one attached hydrogen (secondary N) is 8. The Morgan fingerprint density at radius 3 is 1.89 bits per heavy atom. The molecule has 1 aliphatic heterocycles. The minimum Gasteiger partial charge on any atom is -0.361 e. The molecule has 7 amide bonds. The van der Waals surface area contributed by atoms with Crippen molar-refractivity contribution in [1.82, 2.24) is 42.2 Å². The van der Waals surface area contributed by atoms with Crippen LogP contribution >= 0.6 is 0 Å². The van der Waals surface area contributed by atoms with E-state index in [1.165, 1.54) is 13.8 Å². The lowest BCUT2D eigenvalue weighted by Gasteiger charge is -2.31. The van der Waals surface area contributed by atoms with Gasteiger partial charge in [0.05, 0.1) is 0 Å². The molecule has 0 spiro atoms. The molecular formula is C42H58N8O7. The molecule has 1 aliphatic rings. The maximum atomic E-state index is 14.2. The number of rotatable bonds is 7. The Labute approximate surface area is 334 Å². The summed E-state index contributed by atoms with van der Waals surface area (Å²) in [4.78, 5) is 98.6. The Morgan fingerprint density at radius 2 is 1.21 bits per heavy atom. The topological polar surface area (TPSA) is 219 Å². The van der Waals surface area contributed by atoms with Gasteiger partial charge in [0.15, 0.2) is 0 Å². The van der Waals surface area contributed by atoms with Crippen molar-refractivity contribution in [3.8, 4) is 0 Å². The SMILES string of the molecule is CC(C)C[C@H]1NC(=O)[C@@H]([C@@H](C)c2ccccc2)NC(=O)[C@@H](C(C)C)NC(=O)[C@@H](C)NC(=O)CCCNC(=O)[C@@H](Cc2c[nH]c3ccccc23)NC(=O)[C@@H](C)NC1=O. The first kappa shape index (κ1) is 44.0. The van der Waals surface area contributed by atoms with E-state index in [9.17, 15) is 33.6 Å². The van der Waals surface area contributed by atoms with Gasteiger partial charge in [-0.1, -0.05) is 83.1 Å². The molecule has 308 valence electrons. The van der Waals surface area contributed by atoms with Crippen molar-refractivity contribution in [2.75, 3.05) is 6.54 Å². The van der Waals surface area contributed by atoms with E-state index in [2.05, 4.69) is 42.2 Å². The second kappa shape index (κ2) is 20.4. The normalized spacial score (nSPS) is 24.8. The molecule has 2 heterocycles. The molecule has 0 bridgehead atoms. The van der Waals surface area contributed by atoms with E-state index in [0.717, 1.165) is 22.0 Å². The number of carbonyl (C=O) groups excluding carboxylic acids is 7. The third kappa shape index (κ3) is 12.4. The van der Waals surface area contributed by atoms with Crippen molar-refractivity contribution in [2.45, 2.75) is 116 Å².